The number of hydrogen-bond acceptors (Lipinski definition) is 3. The smallest absolute Gasteiger partial charge is 0.418 e. The molecule has 14 heavy (non-hydrogen) atoms. The number of fused-ring (bicyclic) bond motifs is 1. The van der Waals surface area contributed by atoms with Crippen molar-refractivity contribution in [2.45, 2.75) is 13.8 Å². The van der Waals surface area contributed by atoms with Crippen LogP contribution in [-0.4, -0.2) is 17.3 Å². The summed E-state index contributed by atoms with van der Waals surface area (Å²) >= 11 is 1.64. The largest absolute Gasteiger partial charge is 0.449 e. The van der Waals surface area contributed by atoms with Crippen molar-refractivity contribution in [1.82, 2.24) is 4.57 Å². The van der Waals surface area contributed by atoms with E-state index < -0.39 is 0 Å². The Bertz CT molecular complexity index is 469. The highest BCUT2D eigenvalue weighted by molar-refractivity contribution is 7.17. The van der Waals surface area contributed by atoms with E-state index in [0.29, 0.717) is 6.61 Å². The van der Waals surface area contributed by atoms with Gasteiger partial charge in [0.05, 0.1) is 16.8 Å². The van der Waals surface area contributed by atoms with Gasteiger partial charge in [-0.3, -0.25) is 4.57 Å². The highest BCUT2D eigenvalue weighted by atomic mass is 32.1. The highest BCUT2D eigenvalue weighted by Gasteiger charge is 2.12. The first-order valence-electron chi connectivity index (χ1n) is 4.46. The SMILES string of the molecule is CCOC(=O)n1cc(C)c2sccc21. The second kappa shape index (κ2) is 3.46. The molecule has 0 atom stereocenters. The van der Waals surface area contributed by atoms with Gasteiger partial charge in [-0.05, 0) is 30.9 Å². The number of aryl methyl sites for hydroxylation is 1. The van der Waals surface area contributed by atoms with Gasteiger partial charge in [-0.15, -0.1) is 11.3 Å². The molecule has 2 heterocycles. The lowest BCUT2D eigenvalue weighted by Gasteiger charge is -2.01. The number of ether oxygens (including phenoxy) is 1. The Morgan fingerprint density at radius 2 is 2.43 bits per heavy atom. The minimum Gasteiger partial charge on any atom is -0.449 e. The summed E-state index contributed by atoms with van der Waals surface area (Å²) in [6.07, 6.45) is 1.52. The Morgan fingerprint density at radius 3 is 3.14 bits per heavy atom. The van der Waals surface area contributed by atoms with Crippen LogP contribution in [0.4, 0.5) is 4.79 Å². The fourth-order valence-electron chi connectivity index (χ4n) is 1.45. The maximum atomic E-state index is 11.5. The Hall–Kier alpha value is -1.29. The zero-order chi connectivity index (χ0) is 10.1. The number of rotatable bonds is 1. The van der Waals surface area contributed by atoms with Gasteiger partial charge in [-0.25, -0.2) is 4.79 Å². The third-order valence-electron chi connectivity index (χ3n) is 2.05. The number of carbonyl (C=O) groups is 1. The van der Waals surface area contributed by atoms with E-state index >= 15 is 0 Å². The number of hydrogen-bond donors (Lipinski definition) is 0. The molecule has 0 aromatic carbocycles. The molecule has 0 aliphatic rings. The first-order valence-corrected chi connectivity index (χ1v) is 5.34. The number of nitrogens with zero attached hydrogens (tertiary/aromatic N) is 1. The van der Waals surface area contributed by atoms with Crippen molar-refractivity contribution in [3.05, 3.63) is 23.2 Å². The van der Waals surface area contributed by atoms with Gasteiger partial charge in [0.25, 0.3) is 0 Å². The lowest BCUT2D eigenvalue weighted by molar-refractivity contribution is 0.155. The molecule has 0 N–H and O–H groups in total. The summed E-state index contributed by atoms with van der Waals surface area (Å²) in [7, 11) is 0. The topological polar surface area (TPSA) is 31.2 Å². The molecule has 2 aromatic rings. The normalized spacial score (nSPS) is 10.7. The van der Waals surface area contributed by atoms with Gasteiger partial charge >= 0.3 is 6.09 Å². The molecule has 3 nitrogen and oxygen atoms in total. The summed E-state index contributed by atoms with van der Waals surface area (Å²) in [6.45, 7) is 4.20. The second-order valence-electron chi connectivity index (χ2n) is 3.02. The average Bonchev–Trinajstić information content (AvgIpc) is 2.70. The van der Waals surface area contributed by atoms with Crippen LogP contribution >= 0.6 is 11.3 Å². The summed E-state index contributed by atoms with van der Waals surface area (Å²) in [5, 5.41) is 1.98. The lowest BCUT2D eigenvalue weighted by Crippen LogP contribution is -2.11. The van der Waals surface area contributed by atoms with Gasteiger partial charge in [0, 0.05) is 6.20 Å². The Balaban J connectivity index is 2.51. The van der Waals surface area contributed by atoms with Crippen molar-refractivity contribution >= 4 is 27.6 Å². The Kier molecular flexibility index (Phi) is 2.29. The molecule has 74 valence electrons. The first kappa shape index (κ1) is 9.27. The summed E-state index contributed by atoms with van der Waals surface area (Å²) in [5.41, 5.74) is 2.05. The molecule has 0 fully saturated rings. The van der Waals surface area contributed by atoms with E-state index in [4.69, 9.17) is 4.74 Å². The van der Waals surface area contributed by atoms with Gasteiger partial charge < -0.3 is 4.74 Å². The van der Waals surface area contributed by atoms with Crippen molar-refractivity contribution in [3.8, 4) is 0 Å². The van der Waals surface area contributed by atoms with Crippen LogP contribution in [0.15, 0.2) is 17.6 Å². The molecule has 0 radical (unpaired) electrons. The standard InChI is InChI=1S/C10H11NO2S/c1-3-13-10(12)11-6-7(2)9-8(11)4-5-14-9/h4-6H,3H2,1-2H3. The van der Waals surface area contributed by atoms with Crippen LogP contribution in [0.5, 0.6) is 0 Å². The molecule has 2 aromatic heterocycles. The van der Waals surface area contributed by atoms with Crippen LogP contribution in [0, 0.1) is 6.92 Å². The maximum Gasteiger partial charge on any atom is 0.418 e. The number of thiophene rings is 1. The molecule has 0 aliphatic carbocycles. The molecule has 0 unspecified atom stereocenters. The molecule has 0 bridgehead atoms. The van der Waals surface area contributed by atoms with Crippen molar-refractivity contribution in [1.29, 1.82) is 0 Å². The van der Waals surface area contributed by atoms with Crippen LogP contribution in [-0.2, 0) is 4.74 Å². The molecule has 0 amide bonds. The zero-order valence-electron chi connectivity index (χ0n) is 8.11. The van der Waals surface area contributed by atoms with E-state index in [1.807, 2.05) is 24.6 Å². The molecular weight excluding hydrogens is 198 g/mol. The summed E-state index contributed by atoms with van der Waals surface area (Å²) in [4.78, 5) is 11.5. The summed E-state index contributed by atoms with van der Waals surface area (Å²) in [6, 6.07) is 1.93. The fraction of sp³-hybridized carbons (Fsp3) is 0.300. The van der Waals surface area contributed by atoms with Gasteiger partial charge in [-0.1, -0.05) is 0 Å². The minimum atomic E-state index is -0.302. The Morgan fingerprint density at radius 1 is 1.64 bits per heavy atom. The third-order valence-corrected chi connectivity index (χ3v) is 3.09. The van der Waals surface area contributed by atoms with Crippen LogP contribution in [0.2, 0.25) is 0 Å². The number of carbonyl (C=O) groups excluding carboxylic acids is 1. The molecule has 4 heteroatoms. The zero-order valence-corrected chi connectivity index (χ0v) is 8.93. The molecule has 0 saturated carbocycles. The van der Waals surface area contributed by atoms with E-state index in [1.165, 1.54) is 0 Å². The first-order chi connectivity index (χ1) is 6.74. The monoisotopic (exact) mass is 209 g/mol. The van der Waals surface area contributed by atoms with E-state index in [2.05, 4.69) is 0 Å². The van der Waals surface area contributed by atoms with E-state index in [1.54, 1.807) is 22.8 Å². The van der Waals surface area contributed by atoms with E-state index in [9.17, 15) is 4.79 Å². The second-order valence-corrected chi connectivity index (χ2v) is 3.93. The average molecular weight is 209 g/mol. The molecule has 0 spiro atoms. The van der Waals surface area contributed by atoms with Gasteiger partial charge in [-0.2, -0.15) is 0 Å². The van der Waals surface area contributed by atoms with Crippen LogP contribution in [0.25, 0.3) is 10.2 Å². The van der Waals surface area contributed by atoms with Gasteiger partial charge in [0.1, 0.15) is 0 Å². The predicted octanol–water partition coefficient (Wildman–Crippen LogP) is 3.02. The summed E-state index contributed by atoms with van der Waals surface area (Å²) in [5.74, 6) is 0. The van der Waals surface area contributed by atoms with Crippen molar-refractivity contribution in [2.24, 2.45) is 0 Å². The lowest BCUT2D eigenvalue weighted by atomic mass is 10.4. The number of aromatic nitrogens is 1. The van der Waals surface area contributed by atoms with E-state index in [0.717, 1.165) is 15.8 Å². The van der Waals surface area contributed by atoms with Crippen LogP contribution < -0.4 is 0 Å². The van der Waals surface area contributed by atoms with Crippen LogP contribution in [0.3, 0.4) is 0 Å². The Labute approximate surface area is 85.9 Å². The fourth-order valence-corrected chi connectivity index (χ4v) is 2.31. The van der Waals surface area contributed by atoms with Crippen molar-refractivity contribution in [2.75, 3.05) is 6.61 Å². The summed E-state index contributed by atoms with van der Waals surface area (Å²) < 4.78 is 7.66. The van der Waals surface area contributed by atoms with E-state index in [-0.39, 0.29) is 6.09 Å². The molecule has 0 saturated heterocycles. The maximum absolute atomic E-state index is 11.5. The van der Waals surface area contributed by atoms with Crippen molar-refractivity contribution < 1.29 is 9.53 Å². The quantitative estimate of drug-likeness (QED) is 0.723. The molecule has 0 aliphatic heterocycles. The molecular formula is C10H11NO2S. The predicted molar refractivity (Wildman–Crippen MR) is 57.0 cm³/mol. The van der Waals surface area contributed by atoms with Crippen molar-refractivity contribution in [3.63, 3.8) is 0 Å². The van der Waals surface area contributed by atoms with Gasteiger partial charge in [0.15, 0.2) is 0 Å². The molecule has 2 rings (SSSR count). The van der Waals surface area contributed by atoms with Gasteiger partial charge in [0.2, 0.25) is 0 Å². The third kappa shape index (κ3) is 1.32. The highest BCUT2D eigenvalue weighted by Crippen LogP contribution is 2.26. The van der Waals surface area contributed by atoms with Crippen LogP contribution in [0.1, 0.15) is 12.5 Å². The minimum absolute atomic E-state index is 0.302.